The van der Waals surface area contributed by atoms with Crippen LogP contribution in [0, 0.1) is 5.92 Å². The third kappa shape index (κ3) is 3.59. The van der Waals surface area contributed by atoms with Crippen molar-refractivity contribution in [1.82, 2.24) is 19.8 Å². The normalized spacial score (nSPS) is 18.4. The van der Waals surface area contributed by atoms with Crippen LogP contribution < -0.4 is 5.32 Å². The van der Waals surface area contributed by atoms with Crippen molar-refractivity contribution in [2.75, 3.05) is 26.7 Å². The monoisotopic (exact) mass is 280 g/mol. The van der Waals surface area contributed by atoms with E-state index in [1.807, 2.05) is 24.0 Å². The van der Waals surface area contributed by atoms with E-state index >= 15 is 0 Å². The van der Waals surface area contributed by atoms with Crippen LogP contribution in [0.15, 0.2) is 12.4 Å². The number of imidazole rings is 1. The van der Waals surface area contributed by atoms with E-state index in [9.17, 15) is 5.11 Å². The predicted molar refractivity (Wildman–Crippen MR) is 80.4 cm³/mol. The summed E-state index contributed by atoms with van der Waals surface area (Å²) in [6.45, 7) is 5.02. The van der Waals surface area contributed by atoms with Gasteiger partial charge in [-0.3, -0.25) is 4.90 Å². The van der Waals surface area contributed by atoms with Gasteiger partial charge in [-0.15, -0.1) is 0 Å². The Balaban J connectivity index is 1.97. The van der Waals surface area contributed by atoms with E-state index in [4.69, 9.17) is 0 Å². The third-order valence-corrected chi connectivity index (χ3v) is 4.25. The highest BCUT2D eigenvalue weighted by molar-refractivity contribution is 5.03. The smallest absolute Gasteiger partial charge is 0.122 e. The Morgan fingerprint density at radius 3 is 2.80 bits per heavy atom. The van der Waals surface area contributed by atoms with Gasteiger partial charge in [-0.1, -0.05) is 6.92 Å². The number of aliphatic hydroxyl groups is 1. The molecule has 2 rings (SSSR count). The lowest BCUT2D eigenvalue weighted by atomic mass is 9.93. The van der Waals surface area contributed by atoms with E-state index in [2.05, 4.69) is 29.2 Å². The fraction of sp³-hybridized carbons (Fsp3) is 0.800. The minimum Gasteiger partial charge on any atom is -0.394 e. The van der Waals surface area contributed by atoms with E-state index in [0.717, 1.165) is 31.9 Å². The van der Waals surface area contributed by atoms with Crippen molar-refractivity contribution in [3.63, 3.8) is 0 Å². The highest BCUT2D eigenvalue weighted by Crippen LogP contribution is 2.40. The maximum Gasteiger partial charge on any atom is 0.122 e. The zero-order chi connectivity index (χ0) is 14.6. The lowest BCUT2D eigenvalue weighted by molar-refractivity contribution is 0.0971. The molecule has 0 spiro atoms. The van der Waals surface area contributed by atoms with Crippen molar-refractivity contribution in [2.24, 2.45) is 13.0 Å². The molecule has 1 aliphatic carbocycles. The number of hydrogen-bond acceptors (Lipinski definition) is 4. The van der Waals surface area contributed by atoms with Crippen molar-refractivity contribution < 1.29 is 5.11 Å². The quantitative estimate of drug-likeness (QED) is 0.708. The Hall–Kier alpha value is -0.910. The second-order valence-electron chi connectivity index (χ2n) is 6.14. The summed E-state index contributed by atoms with van der Waals surface area (Å²) in [6, 6.07) is 0. The number of aliphatic hydroxyl groups excluding tert-OH is 1. The molecule has 0 saturated heterocycles. The van der Waals surface area contributed by atoms with Crippen molar-refractivity contribution in [2.45, 2.75) is 38.3 Å². The molecule has 0 amide bonds. The number of nitrogens with zero attached hydrogens (tertiary/aromatic N) is 3. The minimum absolute atomic E-state index is 0.143. The van der Waals surface area contributed by atoms with Crippen LogP contribution in [0.2, 0.25) is 0 Å². The molecule has 1 unspecified atom stereocenters. The number of hydrogen-bond donors (Lipinski definition) is 2. The Morgan fingerprint density at radius 2 is 2.30 bits per heavy atom. The topological polar surface area (TPSA) is 53.3 Å². The first kappa shape index (κ1) is 15.5. The largest absolute Gasteiger partial charge is 0.394 e. The van der Waals surface area contributed by atoms with Crippen molar-refractivity contribution in [1.29, 1.82) is 0 Å². The molecule has 1 atom stereocenters. The molecule has 0 aliphatic heterocycles. The first-order valence-corrected chi connectivity index (χ1v) is 7.62. The summed E-state index contributed by atoms with van der Waals surface area (Å²) in [7, 11) is 4.13. The maximum absolute atomic E-state index is 9.93. The van der Waals surface area contributed by atoms with Crippen LogP contribution in [-0.4, -0.2) is 51.8 Å². The summed E-state index contributed by atoms with van der Waals surface area (Å²) in [4.78, 5) is 6.64. The van der Waals surface area contributed by atoms with Crippen LogP contribution in [-0.2, 0) is 13.6 Å². The van der Waals surface area contributed by atoms with Gasteiger partial charge in [0.15, 0.2) is 0 Å². The SMILES string of the molecule is CCCNC(CO)(CN(C)Cc1nccn1C)C1CC1. The van der Waals surface area contributed by atoms with Gasteiger partial charge in [-0.2, -0.15) is 0 Å². The predicted octanol–water partition coefficient (Wildman–Crippen LogP) is 0.993. The molecule has 0 radical (unpaired) electrons. The lowest BCUT2D eigenvalue weighted by Gasteiger charge is -2.37. The summed E-state index contributed by atoms with van der Waals surface area (Å²) in [5.41, 5.74) is -0.143. The van der Waals surface area contributed by atoms with Gasteiger partial charge in [-0.05, 0) is 38.8 Å². The van der Waals surface area contributed by atoms with Gasteiger partial charge in [0.1, 0.15) is 5.82 Å². The van der Waals surface area contributed by atoms with Crippen molar-refractivity contribution in [3.05, 3.63) is 18.2 Å². The van der Waals surface area contributed by atoms with E-state index in [-0.39, 0.29) is 12.1 Å². The summed E-state index contributed by atoms with van der Waals surface area (Å²) in [5, 5.41) is 13.5. The summed E-state index contributed by atoms with van der Waals surface area (Å²) < 4.78 is 2.05. The molecule has 0 bridgehead atoms. The molecule has 1 saturated carbocycles. The highest BCUT2D eigenvalue weighted by atomic mass is 16.3. The first-order chi connectivity index (χ1) is 9.61. The Morgan fingerprint density at radius 1 is 1.55 bits per heavy atom. The molecular weight excluding hydrogens is 252 g/mol. The van der Waals surface area contributed by atoms with E-state index in [1.54, 1.807) is 0 Å². The highest BCUT2D eigenvalue weighted by Gasteiger charge is 2.44. The molecule has 1 fully saturated rings. The van der Waals surface area contributed by atoms with Crippen molar-refractivity contribution >= 4 is 0 Å². The van der Waals surface area contributed by atoms with Crippen LogP contribution in [0.3, 0.4) is 0 Å². The zero-order valence-electron chi connectivity index (χ0n) is 13.0. The summed E-state index contributed by atoms with van der Waals surface area (Å²) in [6.07, 6.45) is 7.36. The summed E-state index contributed by atoms with van der Waals surface area (Å²) >= 11 is 0. The molecule has 1 aromatic rings. The van der Waals surface area contributed by atoms with Crippen LogP contribution in [0.1, 0.15) is 32.0 Å². The van der Waals surface area contributed by atoms with Gasteiger partial charge in [0.2, 0.25) is 0 Å². The standard InChI is InChI=1S/C15H28N4O/c1-4-7-17-15(12-20,13-5-6-13)11-18(2)10-14-16-8-9-19(14)3/h8-9,13,17,20H,4-7,10-12H2,1-3H3. The number of aryl methyl sites for hydroxylation is 1. The van der Waals surface area contributed by atoms with Gasteiger partial charge in [0.25, 0.3) is 0 Å². The molecule has 0 aromatic carbocycles. The summed E-state index contributed by atoms with van der Waals surface area (Å²) in [5.74, 6) is 1.67. The Labute approximate surface area is 122 Å². The molecule has 1 aliphatic rings. The van der Waals surface area contributed by atoms with Gasteiger partial charge in [0.05, 0.1) is 18.7 Å². The van der Waals surface area contributed by atoms with Crippen LogP contribution in [0.5, 0.6) is 0 Å². The molecular formula is C15H28N4O. The molecule has 20 heavy (non-hydrogen) atoms. The van der Waals surface area contributed by atoms with Crippen LogP contribution >= 0.6 is 0 Å². The zero-order valence-corrected chi connectivity index (χ0v) is 13.0. The van der Waals surface area contributed by atoms with E-state index in [1.165, 1.54) is 12.8 Å². The molecule has 5 heteroatoms. The van der Waals surface area contributed by atoms with Gasteiger partial charge in [0, 0.05) is 26.0 Å². The molecule has 5 nitrogen and oxygen atoms in total. The Bertz CT molecular complexity index is 416. The second kappa shape index (κ2) is 6.70. The van der Waals surface area contributed by atoms with Gasteiger partial charge >= 0.3 is 0 Å². The van der Waals surface area contributed by atoms with E-state index < -0.39 is 0 Å². The van der Waals surface area contributed by atoms with Crippen LogP contribution in [0.4, 0.5) is 0 Å². The number of likely N-dealkylation sites (N-methyl/N-ethyl adjacent to an activating group) is 1. The molecule has 1 aromatic heterocycles. The second-order valence-corrected chi connectivity index (χ2v) is 6.14. The van der Waals surface area contributed by atoms with Crippen LogP contribution in [0.25, 0.3) is 0 Å². The molecule has 1 heterocycles. The maximum atomic E-state index is 9.93. The number of nitrogens with one attached hydrogen (secondary N) is 1. The first-order valence-electron chi connectivity index (χ1n) is 7.62. The minimum atomic E-state index is -0.143. The van der Waals surface area contributed by atoms with E-state index in [0.29, 0.717) is 5.92 Å². The fourth-order valence-corrected chi connectivity index (χ4v) is 2.90. The van der Waals surface area contributed by atoms with Gasteiger partial charge in [-0.25, -0.2) is 4.98 Å². The lowest BCUT2D eigenvalue weighted by Crippen LogP contribution is -2.57. The molecule has 2 N–H and O–H groups in total. The number of rotatable bonds is 9. The fourth-order valence-electron chi connectivity index (χ4n) is 2.90. The average molecular weight is 280 g/mol. The van der Waals surface area contributed by atoms with Crippen molar-refractivity contribution in [3.8, 4) is 0 Å². The third-order valence-electron chi connectivity index (χ3n) is 4.25. The molecule has 114 valence electrons. The van der Waals surface area contributed by atoms with Gasteiger partial charge < -0.3 is 15.0 Å². The average Bonchev–Trinajstić information content (AvgIpc) is 3.21. The Kier molecular flexibility index (Phi) is 5.18. The number of aromatic nitrogens is 2.